The molecule has 1 N–H and O–H groups in total. The van der Waals surface area contributed by atoms with Gasteiger partial charge in [0.1, 0.15) is 5.52 Å². The zero-order valence-electron chi connectivity index (χ0n) is 32.0. The SMILES string of the molecule is COc1cc(C=CC2C3=CCC4C(=O)N(c5ccc(-c6nc7ccccc7o6)cc5)C(=O)C4C3CC3C(=O)C(c4ccccc4)=CC(=O)C23c2ccccc2)ccc1O. The summed E-state index contributed by atoms with van der Waals surface area (Å²) < 4.78 is 11.4. The number of para-hydroxylation sites is 2. The van der Waals surface area contributed by atoms with Crippen LogP contribution in [0.5, 0.6) is 11.5 Å². The number of carbonyl (C=O) groups is 4. The number of nitrogens with zero attached hydrogens (tertiary/aromatic N) is 2. The summed E-state index contributed by atoms with van der Waals surface area (Å²) in [6, 6.07) is 38.2. The lowest BCUT2D eigenvalue weighted by Gasteiger charge is -2.54. The van der Waals surface area contributed by atoms with Crippen molar-refractivity contribution in [3.8, 4) is 23.0 Å². The Hall–Kier alpha value is -7.13. The molecule has 1 aromatic heterocycles. The summed E-state index contributed by atoms with van der Waals surface area (Å²) in [5, 5.41) is 10.3. The molecule has 2 fully saturated rings. The third-order valence-corrected chi connectivity index (χ3v) is 12.8. The number of aromatic hydroxyl groups is 1. The third-order valence-electron chi connectivity index (χ3n) is 12.8. The van der Waals surface area contributed by atoms with Gasteiger partial charge >= 0.3 is 0 Å². The molecule has 290 valence electrons. The minimum Gasteiger partial charge on any atom is -0.504 e. The summed E-state index contributed by atoms with van der Waals surface area (Å²) in [4.78, 5) is 65.4. The highest BCUT2D eigenvalue weighted by Crippen LogP contribution is 2.61. The van der Waals surface area contributed by atoms with E-state index in [0.29, 0.717) is 57.2 Å². The average molecular weight is 779 g/mol. The Morgan fingerprint density at radius 2 is 1.54 bits per heavy atom. The van der Waals surface area contributed by atoms with Crippen molar-refractivity contribution >= 4 is 51.8 Å². The minimum atomic E-state index is -1.34. The molecule has 2 heterocycles. The summed E-state index contributed by atoms with van der Waals surface area (Å²) >= 11 is 0. The van der Waals surface area contributed by atoms with Crippen LogP contribution in [0.25, 0.3) is 34.2 Å². The Morgan fingerprint density at radius 3 is 2.29 bits per heavy atom. The summed E-state index contributed by atoms with van der Waals surface area (Å²) in [6.07, 6.45) is 7.90. The van der Waals surface area contributed by atoms with Crippen LogP contribution >= 0.6 is 0 Å². The van der Waals surface area contributed by atoms with Crippen LogP contribution < -0.4 is 9.64 Å². The number of anilines is 1. The van der Waals surface area contributed by atoms with Gasteiger partial charge in [-0.05, 0) is 90.1 Å². The fourth-order valence-corrected chi connectivity index (χ4v) is 10.1. The van der Waals surface area contributed by atoms with E-state index in [9.17, 15) is 14.7 Å². The first-order chi connectivity index (χ1) is 28.8. The number of ketones is 2. The van der Waals surface area contributed by atoms with Gasteiger partial charge in [-0.15, -0.1) is 0 Å². The first-order valence-electron chi connectivity index (χ1n) is 19.8. The first kappa shape index (κ1) is 36.2. The van der Waals surface area contributed by atoms with Gasteiger partial charge in [0.2, 0.25) is 17.7 Å². The number of aromatic nitrogens is 1. The third kappa shape index (κ3) is 5.63. The summed E-state index contributed by atoms with van der Waals surface area (Å²) in [6.45, 7) is 0. The lowest BCUT2D eigenvalue weighted by atomic mass is 9.45. The van der Waals surface area contributed by atoms with E-state index in [1.165, 1.54) is 18.1 Å². The number of ether oxygens (including phenoxy) is 1. The second-order valence-corrected chi connectivity index (χ2v) is 15.7. The van der Waals surface area contributed by atoms with Crippen molar-refractivity contribution in [1.29, 1.82) is 0 Å². The number of oxazole rings is 1. The topological polar surface area (TPSA) is 127 Å². The van der Waals surface area contributed by atoms with E-state index < -0.39 is 35.0 Å². The second-order valence-electron chi connectivity index (χ2n) is 15.7. The van der Waals surface area contributed by atoms with E-state index in [2.05, 4.69) is 4.98 Å². The zero-order valence-corrected chi connectivity index (χ0v) is 32.0. The molecule has 10 rings (SSSR count). The van der Waals surface area contributed by atoms with E-state index in [1.807, 2.05) is 103 Å². The predicted octanol–water partition coefficient (Wildman–Crippen LogP) is 8.78. The molecular formula is C50H38N2O7. The fraction of sp³-hybridized carbons (Fsp3) is 0.180. The highest BCUT2D eigenvalue weighted by Gasteiger charge is 2.65. The van der Waals surface area contributed by atoms with Crippen LogP contribution in [0.2, 0.25) is 0 Å². The van der Waals surface area contributed by atoms with Crippen LogP contribution in [0.4, 0.5) is 5.69 Å². The number of methoxy groups -OCH3 is 1. The summed E-state index contributed by atoms with van der Waals surface area (Å²) in [5.74, 6) is -3.66. The molecular weight excluding hydrogens is 741 g/mol. The molecule has 9 nitrogen and oxygen atoms in total. The maximum absolute atomic E-state index is 15.2. The first-order valence-corrected chi connectivity index (χ1v) is 19.8. The quantitative estimate of drug-likeness (QED) is 0.126. The zero-order chi connectivity index (χ0) is 40.4. The van der Waals surface area contributed by atoms with Crippen molar-refractivity contribution in [2.75, 3.05) is 12.0 Å². The maximum atomic E-state index is 15.2. The lowest BCUT2D eigenvalue weighted by Crippen LogP contribution is -2.59. The molecule has 0 spiro atoms. The Labute approximate surface area is 340 Å². The smallest absolute Gasteiger partial charge is 0.238 e. The van der Waals surface area contributed by atoms with Gasteiger partial charge in [0.05, 0.1) is 30.0 Å². The molecule has 59 heavy (non-hydrogen) atoms. The van der Waals surface area contributed by atoms with Gasteiger partial charge in [0.15, 0.2) is 28.6 Å². The molecule has 1 saturated carbocycles. The molecule has 6 unspecified atom stereocenters. The fourth-order valence-electron chi connectivity index (χ4n) is 10.1. The van der Waals surface area contributed by atoms with Gasteiger partial charge in [0, 0.05) is 23.0 Å². The number of benzene rings is 5. The van der Waals surface area contributed by atoms with Crippen LogP contribution in [0.15, 0.2) is 156 Å². The van der Waals surface area contributed by atoms with E-state index in [0.717, 1.165) is 11.1 Å². The van der Waals surface area contributed by atoms with Gasteiger partial charge in [-0.2, -0.15) is 0 Å². The molecule has 0 radical (unpaired) electrons. The number of Topliss-reactive ketones (excluding diaryl/α,β-unsaturated/α-hetero) is 1. The van der Waals surface area contributed by atoms with Crippen LogP contribution in [-0.2, 0) is 24.6 Å². The number of imide groups is 1. The van der Waals surface area contributed by atoms with Crippen molar-refractivity contribution in [1.82, 2.24) is 4.98 Å². The molecule has 6 atom stereocenters. The van der Waals surface area contributed by atoms with Gasteiger partial charge < -0.3 is 14.3 Å². The average Bonchev–Trinajstić information content (AvgIpc) is 3.82. The molecule has 2 amide bonds. The molecule has 4 aliphatic rings. The maximum Gasteiger partial charge on any atom is 0.238 e. The van der Waals surface area contributed by atoms with Crippen LogP contribution in [0.3, 0.4) is 0 Å². The summed E-state index contributed by atoms with van der Waals surface area (Å²) in [7, 11) is 1.48. The van der Waals surface area contributed by atoms with Gasteiger partial charge in [-0.3, -0.25) is 24.1 Å². The number of phenols is 1. The Balaban J connectivity index is 1.08. The lowest BCUT2D eigenvalue weighted by molar-refractivity contribution is -0.135. The van der Waals surface area contributed by atoms with Crippen LogP contribution in [0, 0.1) is 29.6 Å². The van der Waals surface area contributed by atoms with E-state index >= 15 is 9.59 Å². The van der Waals surface area contributed by atoms with E-state index in [1.54, 1.807) is 42.5 Å². The highest BCUT2D eigenvalue weighted by atomic mass is 16.5. The number of amides is 2. The molecule has 3 aliphatic carbocycles. The number of carbonyl (C=O) groups excluding carboxylic acids is 4. The minimum absolute atomic E-state index is 0.00864. The van der Waals surface area contributed by atoms with Crippen molar-refractivity contribution in [2.45, 2.75) is 18.3 Å². The summed E-state index contributed by atoms with van der Waals surface area (Å²) in [5.41, 5.74) is 4.48. The van der Waals surface area contributed by atoms with Crippen LogP contribution in [0.1, 0.15) is 29.5 Å². The Morgan fingerprint density at radius 1 is 0.814 bits per heavy atom. The number of phenolic OH excluding ortho intramolecular Hbond substituents is 1. The molecule has 5 aromatic carbocycles. The number of hydrogen-bond acceptors (Lipinski definition) is 8. The monoisotopic (exact) mass is 778 g/mol. The number of allylic oxidation sites excluding steroid dienone is 5. The Kier molecular flexibility index (Phi) is 8.63. The van der Waals surface area contributed by atoms with E-state index in [4.69, 9.17) is 9.15 Å². The molecule has 1 saturated heterocycles. The predicted molar refractivity (Wildman–Crippen MR) is 223 cm³/mol. The number of hydrogen-bond donors (Lipinski definition) is 1. The molecule has 1 aliphatic heterocycles. The van der Waals surface area contributed by atoms with Gasteiger partial charge in [-0.25, -0.2) is 4.98 Å². The van der Waals surface area contributed by atoms with Crippen molar-refractivity contribution in [3.63, 3.8) is 0 Å². The van der Waals surface area contributed by atoms with E-state index in [-0.39, 0.29) is 35.6 Å². The molecule has 6 aromatic rings. The molecule has 0 bridgehead atoms. The Bertz CT molecular complexity index is 2750. The second kappa shape index (κ2) is 14.1. The number of rotatable bonds is 7. The van der Waals surface area contributed by atoms with Gasteiger partial charge in [0.25, 0.3) is 0 Å². The molecule has 9 heteroatoms. The highest BCUT2D eigenvalue weighted by molar-refractivity contribution is 6.31. The largest absolute Gasteiger partial charge is 0.504 e. The standard InChI is InChI=1S/C50H38N2O7/c1-58-43-26-29(17-25-41(43)53)16-24-38-34-22-23-35-45(49(57)52(48(35)56)33-20-18-31(19-21-33)47-51-40-14-8-9-15-42(40)59-47)37(34)27-39-46(55)36(30-10-4-2-5-11-30)28-44(54)50(38,39)32-12-6-3-7-13-32/h2-22,24-26,28,35,37-39,45,53H,23,27H2,1H3. The van der Waals surface area contributed by atoms with Crippen molar-refractivity contribution in [3.05, 3.63) is 168 Å². The van der Waals surface area contributed by atoms with Crippen molar-refractivity contribution in [2.24, 2.45) is 29.6 Å². The van der Waals surface area contributed by atoms with Crippen LogP contribution in [-0.4, -0.2) is 40.6 Å². The number of fused-ring (bicyclic) bond motifs is 5. The normalized spacial score (nSPS) is 25.1. The van der Waals surface area contributed by atoms with Gasteiger partial charge in [-0.1, -0.05) is 103 Å². The van der Waals surface area contributed by atoms with Crippen molar-refractivity contribution < 1.29 is 33.4 Å².